The fourth-order valence-electron chi connectivity index (χ4n) is 4.29. The van der Waals surface area contributed by atoms with Crippen LogP contribution in [0.25, 0.3) is 11.1 Å². The quantitative estimate of drug-likeness (QED) is 0.769. The molecule has 2 heterocycles. The number of carbonyl (C=O) groups excluding carboxylic acids is 2. The lowest BCUT2D eigenvalue weighted by molar-refractivity contribution is -0.136. The van der Waals surface area contributed by atoms with Crippen LogP contribution >= 0.6 is 11.8 Å². The third kappa shape index (κ3) is 5.05. The average Bonchev–Trinajstić information content (AvgIpc) is 3.27. The van der Waals surface area contributed by atoms with Crippen LogP contribution in [0.1, 0.15) is 19.3 Å². The third-order valence-electron chi connectivity index (χ3n) is 5.88. The van der Waals surface area contributed by atoms with Crippen LogP contribution in [-0.2, 0) is 9.59 Å². The van der Waals surface area contributed by atoms with E-state index in [0.29, 0.717) is 13.0 Å². The van der Waals surface area contributed by atoms with Crippen molar-refractivity contribution in [3.63, 3.8) is 0 Å². The number of benzene rings is 2. The van der Waals surface area contributed by atoms with E-state index in [0.717, 1.165) is 60.8 Å². The Labute approximate surface area is 182 Å². The standard InChI is InChI=1S/C24H29N3O2S/c28-23(25-21-10-5-4-9-20(21)19-7-2-1-3-8-19)12-14-26-13-6-11-22(26)24(29)27-15-17-30-18-16-27/h1-5,7-10,22H,6,11-18H2,(H,25,28). The third-order valence-corrected chi connectivity index (χ3v) is 6.83. The maximum Gasteiger partial charge on any atom is 0.239 e. The minimum atomic E-state index is -0.0579. The predicted molar refractivity (Wildman–Crippen MR) is 124 cm³/mol. The van der Waals surface area contributed by atoms with Gasteiger partial charge in [-0.15, -0.1) is 0 Å². The summed E-state index contributed by atoms with van der Waals surface area (Å²) in [6.07, 6.45) is 2.32. The number of carbonyl (C=O) groups is 2. The summed E-state index contributed by atoms with van der Waals surface area (Å²) in [7, 11) is 0. The van der Waals surface area contributed by atoms with Gasteiger partial charge in [0.05, 0.1) is 6.04 Å². The van der Waals surface area contributed by atoms with Gasteiger partial charge in [0.25, 0.3) is 0 Å². The van der Waals surface area contributed by atoms with Gasteiger partial charge >= 0.3 is 0 Å². The zero-order valence-electron chi connectivity index (χ0n) is 17.3. The molecule has 0 bridgehead atoms. The lowest BCUT2D eigenvalue weighted by Gasteiger charge is -2.32. The van der Waals surface area contributed by atoms with Crippen molar-refractivity contribution in [2.24, 2.45) is 0 Å². The van der Waals surface area contributed by atoms with Gasteiger partial charge in [-0.3, -0.25) is 14.5 Å². The second-order valence-corrected chi connectivity index (χ2v) is 9.07. The highest BCUT2D eigenvalue weighted by molar-refractivity contribution is 7.99. The molecule has 2 aliphatic rings. The molecule has 6 heteroatoms. The van der Waals surface area contributed by atoms with Crippen molar-refractivity contribution in [1.82, 2.24) is 9.80 Å². The second kappa shape index (κ2) is 10.1. The van der Waals surface area contributed by atoms with E-state index in [1.54, 1.807) is 0 Å². The minimum absolute atomic E-state index is 0.00847. The number of likely N-dealkylation sites (tertiary alicyclic amines) is 1. The molecule has 2 saturated heterocycles. The summed E-state index contributed by atoms with van der Waals surface area (Å²) in [6.45, 7) is 3.22. The van der Waals surface area contributed by atoms with Gasteiger partial charge in [-0.1, -0.05) is 48.5 Å². The smallest absolute Gasteiger partial charge is 0.239 e. The first-order valence-electron chi connectivity index (χ1n) is 10.8. The Balaban J connectivity index is 1.34. The van der Waals surface area contributed by atoms with E-state index < -0.39 is 0 Å². The summed E-state index contributed by atoms with van der Waals surface area (Å²) in [5.74, 6) is 2.30. The first-order chi connectivity index (χ1) is 14.7. The van der Waals surface area contributed by atoms with Gasteiger partial charge in [0.15, 0.2) is 0 Å². The van der Waals surface area contributed by atoms with Crippen LogP contribution < -0.4 is 5.32 Å². The molecule has 1 atom stereocenters. The average molecular weight is 424 g/mol. The topological polar surface area (TPSA) is 52.7 Å². The Morgan fingerprint density at radius 3 is 2.50 bits per heavy atom. The highest BCUT2D eigenvalue weighted by atomic mass is 32.2. The second-order valence-electron chi connectivity index (χ2n) is 7.84. The van der Waals surface area contributed by atoms with Crippen molar-refractivity contribution < 1.29 is 9.59 Å². The first kappa shape index (κ1) is 20.9. The molecule has 2 fully saturated rings. The molecule has 4 rings (SSSR count). The summed E-state index contributed by atoms with van der Waals surface area (Å²) in [5.41, 5.74) is 2.93. The van der Waals surface area contributed by atoms with Crippen molar-refractivity contribution in [2.75, 3.05) is 43.0 Å². The molecule has 5 nitrogen and oxygen atoms in total. The molecule has 1 N–H and O–H groups in total. The van der Waals surface area contributed by atoms with Gasteiger partial charge in [0, 0.05) is 48.8 Å². The van der Waals surface area contributed by atoms with Gasteiger partial charge in [-0.25, -0.2) is 0 Å². The Hall–Kier alpha value is -2.31. The van der Waals surface area contributed by atoms with E-state index in [1.807, 2.05) is 71.3 Å². The van der Waals surface area contributed by atoms with Crippen LogP contribution in [0.4, 0.5) is 5.69 Å². The van der Waals surface area contributed by atoms with E-state index in [4.69, 9.17) is 0 Å². The van der Waals surface area contributed by atoms with Crippen LogP contribution in [0.3, 0.4) is 0 Å². The molecule has 0 radical (unpaired) electrons. The van der Waals surface area contributed by atoms with E-state index >= 15 is 0 Å². The van der Waals surface area contributed by atoms with Crippen LogP contribution in [-0.4, -0.2) is 65.3 Å². The number of rotatable bonds is 6. The molecule has 0 saturated carbocycles. The predicted octanol–water partition coefficient (Wildman–Crippen LogP) is 3.72. The Morgan fingerprint density at radius 1 is 0.967 bits per heavy atom. The summed E-state index contributed by atoms with van der Waals surface area (Å²) in [6, 6.07) is 17.9. The number of nitrogens with one attached hydrogen (secondary N) is 1. The highest BCUT2D eigenvalue weighted by Crippen LogP contribution is 2.28. The zero-order chi connectivity index (χ0) is 20.8. The van der Waals surface area contributed by atoms with Crippen molar-refractivity contribution in [3.05, 3.63) is 54.6 Å². The van der Waals surface area contributed by atoms with Gasteiger partial charge in [0.1, 0.15) is 0 Å². The lowest BCUT2D eigenvalue weighted by atomic mass is 10.0. The molecular weight excluding hydrogens is 394 g/mol. The maximum absolute atomic E-state index is 12.9. The van der Waals surface area contributed by atoms with Gasteiger partial charge in [0.2, 0.25) is 11.8 Å². The van der Waals surface area contributed by atoms with Crippen molar-refractivity contribution in [3.8, 4) is 11.1 Å². The lowest BCUT2D eigenvalue weighted by Crippen LogP contribution is -2.48. The van der Waals surface area contributed by atoms with Gasteiger partial charge in [-0.05, 0) is 31.0 Å². The van der Waals surface area contributed by atoms with Crippen molar-refractivity contribution in [2.45, 2.75) is 25.3 Å². The first-order valence-corrected chi connectivity index (χ1v) is 11.9. The molecule has 30 heavy (non-hydrogen) atoms. The summed E-state index contributed by atoms with van der Waals surface area (Å²) in [5, 5.41) is 3.08. The summed E-state index contributed by atoms with van der Waals surface area (Å²) < 4.78 is 0. The number of hydrogen-bond donors (Lipinski definition) is 1. The summed E-state index contributed by atoms with van der Waals surface area (Å²) in [4.78, 5) is 29.8. The molecule has 2 aliphatic heterocycles. The van der Waals surface area contributed by atoms with E-state index in [9.17, 15) is 9.59 Å². The molecule has 2 aromatic rings. The highest BCUT2D eigenvalue weighted by Gasteiger charge is 2.34. The van der Waals surface area contributed by atoms with E-state index in [1.165, 1.54) is 0 Å². The molecule has 0 aromatic heterocycles. The van der Waals surface area contributed by atoms with Crippen molar-refractivity contribution >= 4 is 29.3 Å². The van der Waals surface area contributed by atoms with Gasteiger partial charge < -0.3 is 10.2 Å². The molecule has 1 unspecified atom stereocenters. The number of amides is 2. The number of hydrogen-bond acceptors (Lipinski definition) is 4. The Bertz CT molecular complexity index is 868. The molecular formula is C24H29N3O2S. The number of anilines is 1. The van der Waals surface area contributed by atoms with Crippen molar-refractivity contribution in [1.29, 1.82) is 0 Å². The normalized spacial score (nSPS) is 19.6. The Kier molecular flexibility index (Phi) is 7.07. The van der Waals surface area contributed by atoms with Gasteiger partial charge in [-0.2, -0.15) is 11.8 Å². The molecule has 2 aromatic carbocycles. The number of nitrogens with zero attached hydrogens (tertiary/aromatic N) is 2. The Morgan fingerprint density at radius 2 is 1.70 bits per heavy atom. The minimum Gasteiger partial charge on any atom is -0.340 e. The van der Waals surface area contributed by atoms with Crippen LogP contribution in [0.5, 0.6) is 0 Å². The maximum atomic E-state index is 12.9. The molecule has 0 spiro atoms. The fourth-order valence-corrected chi connectivity index (χ4v) is 5.19. The van der Waals surface area contributed by atoms with Crippen LogP contribution in [0.2, 0.25) is 0 Å². The zero-order valence-corrected chi connectivity index (χ0v) is 18.1. The van der Waals surface area contributed by atoms with E-state index in [2.05, 4.69) is 10.2 Å². The summed E-state index contributed by atoms with van der Waals surface area (Å²) >= 11 is 1.91. The van der Waals surface area contributed by atoms with Crippen LogP contribution in [0.15, 0.2) is 54.6 Å². The van der Waals surface area contributed by atoms with E-state index in [-0.39, 0.29) is 17.9 Å². The monoisotopic (exact) mass is 423 g/mol. The largest absolute Gasteiger partial charge is 0.340 e. The molecule has 2 amide bonds. The molecule has 0 aliphatic carbocycles. The van der Waals surface area contributed by atoms with Crippen LogP contribution in [0, 0.1) is 0 Å². The fraction of sp³-hybridized carbons (Fsp3) is 0.417. The number of para-hydroxylation sites is 1. The molecule has 158 valence electrons. The number of thioether (sulfide) groups is 1. The SMILES string of the molecule is O=C(CCN1CCCC1C(=O)N1CCSCC1)Nc1ccccc1-c1ccccc1.